The Hall–Kier alpha value is -3.56. The summed E-state index contributed by atoms with van der Waals surface area (Å²) in [5, 5.41) is 3.55. The third-order valence-electron chi connectivity index (χ3n) is 8.72. The molecule has 2 aromatic heterocycles. The van der Waals surface area contributed by atoms with Gasteiger partial charge in [0, 0.05) is 29.2 Å². The molecule has 0 bridgehead atoms. The van der Waals surface area contributed by atoms with Crippen LogP contribution in [0.4, 0.5) is 0 Å². The van der Waals surface area contributed by atoms with Crippen LogP contribution < -0.4 is 11.1 Å². The summed E-state index contributed by atoms with van der Waals surface area (Å²) in [6.45, 7) is 10.9. The van der Waals surface area contributed by atoms with E-state index in [9.17, 15) is 4.79 Å². The summed E-state index contributed by atoms with van der Waals surface area (Å²) in [4.78, 5) is 40.5. The number of carbonyl (C=O) groups is 1. The SMILES string of the molecule is CC1=CC(C)=NC2=N[C@]3(CN12)[C@H](C)C[C@@H]1CC(=O)c2c(nc4nc(C)cc(C)n24)[C@]12NC(N)=N[C@H]32. The van der Waals surface area contributed by atoms with Gasteiger partial charge < -0.3 is 16.0 Å². The Bertz CT molecular complexity index is 1480. The van der Waals surface area contributed by atoms with Crippen molar-refractivity contribution in [2.45, 2.75) is 64.6 Å². The summed E-state index contributed by atoms with van der Waals surface area (Å²) in [5.41, 5.74) is 10.4. The van der Waals surface area contributed by atoms with E-state index >= 15 is 0 Å². The summed E-state index contributed by atoms with van der Waals surface area (Å²) < 4.78 is 1.90. The number of aromatic nitrogens is 3. The van der Waals surface area contributed by atoms with Crippen LogP contribution in [0.15, 0.2) is 32.8 Å². The minimum absolute atomic E-state index is 0.00365. The molecule has 5 aliphatic rings. The third-order valence-corrected chi connectivity index (χ3v) is 8.72. The second kappa shape index (κ2) is 6.35. The minimum Gasteiger partial charge on any atom is -0.370 e. The van der Waals surface area contributed by atoms with Crippen LogP contribution in [0.25, 0.3) is 5.78 Å². The smallest absolute Gasteiger partial charge is 0.235 e. The van der Waals surface area contributed by atoms with E-state index in [1.54, 1.807) is 0 Å². The van der Waals surface area contributed by atoms with Crippen LogP contribution in [-0.4, -0.2) is 60.8 Å². The van der Waals surface area contributed by atoms with Gasteiger partial charge in [-0.15, -0.1) is 0 Å². The van der Waals surface area contributed by atoms with Crippen LogP contribution in [0.1, 0.15) is 61.2 Å². The van der Waals surface area contributed by atoms with Gasteiger partial charge in [0.25, 0.3) is 0 Å². The fourth-order valence-corrected chi connectivity index (χ4v) is 7.30. The summed E-state index contributed by atoms with van der Waals surface area (Å²) in [6.07, 6.45) is 3.31. The van der Waals surface area contributed by atoms with Crippen LogP contribution in [-0.2, 0) is 5.54 Å². The Morgan fingerprint density at radius 2 is 2.00 bits per heavy atom. The van der Waals surface area contributed by atoms with Gasteiger partial charge in [-0.05, 0) is 58.1 Å². The van der Waals surface area contributed by atoms with E-state index < -0.39 is 11.1 Å². The molecule has 0 saturated heterocycles. The van der Waals surface area contributed by atoms with Crippen molar-refractivity contribution in [1.82, 2.24) is 24.6 Å². The second-order valence-corrected chi connectivity index (χ2v) is 10.9. The topological polar surface area (TPSA) is 126 Å². The fourth-order valence-electron chi connectivity index (χ4n) is 7.30. The van der Waals surface area contributed by atoms with Crippen molar-refractivity contribution in [3.05, 3.63) is 40.6 Å². The first-order valence-electron chi connectivity index (χ1n) is 12.3. The maximum absolute atomic E-state index is 13.6. The number of hydrogen-bond donors (Lipinski definition) is 2. The van der Waals surface area contributed by atoms with Crippen molar-refractivity contribution in [3.8, 4) is 0 Å². The summed E-state index contributed by atoms with van der Waals surface area (Å²) in [6, 6.07) is 1.67. The van der Waals surface area contributed by atoms with Gasteiger partial charge in [0.05, 0.1) is 6.54 Å². The van der Waals surface area contributed by atoms with Crippen molar-refractivity contribution >= 4 is 29.2 Å². The monoisotopic (exact) mass is 471 g/mol. The van der Waals surface area contributed by atoms with Gasteiger partial charge in [-0.3, -0.25) is 9.20 Å². The molecule has 0 aromatic carbocycles. The normalized spacial score (nSPS) is 35.1. The molecule has 0 unspecified atom stereocenters. The van der Waals surface area contributed by atoms with Gasteiger partial charge in [-0.1, -0.05) is 6.92 Å². The number of carbonyl (C=O) groups excluding carboxylic acids is 1. The van der Waals surface area contributed by atoms with E-state index in [1.165, 1.54) is 0 Å². The van der Waals surface area contributed by atoms with Crippen molar-refractivity contribution in [2.75, 3.05) is 6.54 Å². The molecule has 3 N–H and O–H groups in total. The number of ketones is 1. The van der Waals surface area contributed by atoms with E-state index in [0.29, 0.717) is 36.1 Å². The maximum Gasteiger partial charge on any atom is 0.235 e. The highest BCUT2D eigenvalue weighted by atomic mass is 16.1. The third kappa shape index (κ3) is 2.39. The predicted octanol–water partition coefficient (Wildman–Crippen LogP) is 1.86. The highest BCUT2D eigenvalue weighted by molar-refractivity contribution is 6.06. The molecule has 7 rings (SSSR count). The zero-order valence-corrected chi connectivity index (χ0v) is 20.6. The van der Waals surface area contributed by atoms with Crippen molar-refractivity contribution in [2.24, 2.45) is 32.5 Å². The number of nitrogens with one attached hydrogen (secondary N) is 1. The highest BCUT2D eigenvalue weighted by Crippen LogP contribution is 2.58. The number of rotatable bonds is 0. The molecular formula is C25H29N9O. The van der Waals surface area contributed by atoms with Crippen LogP contribution >= 0.6 is 0 Å². The number of hydrogen-bond acceptors (Lipinski definition) is 9. The standard InChI is InChI=1S/C25H29N9O/c1-11-6-16-9-17(35)18-19(29-22-27-13(3)8-15(5)34(18)22)25(16)20(30-21(26)31-25)24(11)10-33-14(4)7-12(2)28-23(33)32-24/h7-8,11,16,20H,6,9-10H2,1-5H3,(H3,26,30,31)/t11-,16-,20-,24-,25-/m1/s1. The van der Waals surface area contributed by atoms with Gasteiger partial charge in [0.15, 0.2) is 11.7 Å². The molecule has 0 radical (unpaired) electrons. The van der Waals surface area contributed by atoms with Crippen molar-refractivity contribution in [1.29, 1.82) is 0 Å². The molecule has 5 atom stereocenters. The zero-order chi connectivity index (χ0) is 24.4. The lowest BCUT2D eigenvalue weighted by atomic mass is 9.54. The number of guanidine groups is 2. The molecule has 0 amide bonds. The first-order valence-corrected chi connectivity index (χ1v) is 12.3. The molecule has 10 heteroatoms. The Balaban J connectivity index is 1.49. The largest absolute Gasteiger partial charge is 0.370 e. The number of allylic oxidation sites excluding steroid dienone is 2. The Labute approximate surface area is 203 Å². The van der Waals surface area contributed by atoms with Crippen LogP contribution in [0.2, 0.25) is 0 Å². The number of nitrogens with two attached hydrogens (primary N) is 1. The fraction of sp³-hybridized carbons (Fsp3) is 0.520. The van der Waals surface area contributed by atoms with Crippen molar-refractivity contribution < 1.29 is 4.79 Å². The molecule has 180 valence electrons. The maximum atomic E-state index is 13.6. The number of imidazole rings is 1. The van der Waals surface area contributed by atoms with Gasteiger partial charge in [0.2, 0.25) is 11.7 Å². The van der Waals surface area contributed by atoms with E-state index in [2.05, 4.69) is 35.1 Å². The lowest BCUT2D eigenvalue weighted by molar-refractivity contribution is 0.0259. The summed E-state index contributed by atoms with van der Waals surface area (Å²) in [5.74, 6) is 1.94. The Morgan fingerprint density at radius 1 is 1.20 bits per heavy atom. The minimum atomic E-state index is -0.719. The Kier molecular flexibility index (Phi) is 3.77. The van der Waals surface area contributed by atoms with Gasteiger partial charge >= 0.3 is 0 Å². The Morgan fingerprint density at radius 3 is 2.80 bits per heavy atom. The second-order valence-electron chi connectivity index (χ2n) is 10.9. The lowest BCUT2D eigenvalue weighted by Crippen LogP contribution is -2.69. The van der Waals surface area contributed by atoms with E-state index in [1.807, 2.05) is 31.2 Å². The van der Waals surface area contributed by atoms with Crippen molar-refractivity contribution in [3.63, 3.8) is 0 Å². The number of aliphatic imine (C=N–C) groups is 3. The highest BCUT2D eigenvalue weighted by Gasteiger charge is 2.69. The van der Waals surface area contributed by atoms with E-state index in [4.69, 9.17) is 25.7 Å². The van der Waals surface area contributed by atoms with Crippen LogP contribution in [0, 0.1) is 25.7 Å². The lowest BCUT2D eigenvalue weighted by Gasteiger charge is -2.55. The molecule has 1 saturated carbocycles. The zero-order valence-electron chi connectivity index (χ0n) is 20.6. The van der Waals surface area contributed by atoms with Crippen LogP contribution in [0.3, 0.4) is 0 Å². The molecular weight excluding hydrogens is 442 g/mol. The molecule has 35 heavy (non-hydrogen) atoms. The molecule has 2 spiro atoms. The first-order chi connectivity index (χ1) is 16.6. The molecule has 5 heterocycles. The van der Waals surface area contributed by atoms with Crippen LogP contribution in [0.5, 0.6) is 0 Å². The number of fused-ring (bicyclic) bond motifs is 5. The molecule has 2 aromatic rings. The van der Waals surface area contributed by atoms with Gasteiger partial charge in [-0.2, -0.15) is 0 Å². The quantitative estimate of drug-likeness (QED) is 0.604. The average Bonchev–Trinajstić information content (AvgIpc) is 3.44. The predicted molar refractivity (Wildman–Crippen MR) is 133 cm³/mol. The number of nitrogens with zero attached hydrogens (tertiary/aromatic N) is 7. The van der Waals surface area contributed by atoms with Gasteiger partial charge in [0.1, 0.15) is 28.5 Å². The average molecular weight is 472 g/mol. The number of aryl methyl sites for hydroxylation is 2. The van der Waals surface area contributed by atoms with E-state index in [0.717, 1.165) is 35.2 Å². The van der Waals surface area contributed by atoms with Gasteiger partial charge in [-0.25, -0.2) is 24.9 Å². The summed E-state index contributed by atoms with van der Waals surface area (Å²) in [7, 11) is 0. The summed E-state index contributed by atoms with van der Waals surface area (Å²) >= 11 is 0. The van der Waals surface area contributed by atoms with E-state index in [-0.39, 0.29) is 23.7 Å². The molecule has 3 aliphatic heterocycles. The molecule has 2 aliphatic carbocycles. The molecule has 1 fully saturated rings. The number of Topliss-reactive ketones (excluding diaryl/α,β-unsaturated/α-hetero) is 1. The first kappa shape index (κ1) is 20.8. The molecule has 10 nitrogen and oxygen atoms in total.